The standard InChI is InChI=1S/C23H28N2O5/c1-14(2)16-8-10-17(11-9-16)24-21(27)15(3)30-20(26)12-13-25-22(28)18-6-4-5-7-19(18)23(25)29/h4-5,8-11,14-15,18-19H,6-7,12-13H2,1-3H3,(H,24,27)/t15-,18+,19+/m1/s1. The number of anilines is 1. The highest BCUT2D eigenvalue weighted by Gasteiger charge is 2.47. The smallest absolute Gasteiger partial charge is 0.308 e. The molecule has 3 rings (SSSR count). The summed E-state index contributed by atoms with van der Waals surface area (Å²) in [7, 11) is 0. The van der Waals surface area contributed by atoms with E-state index in [0.29, 0.717) is 24.4 Å². The number of esters is 1. The maximum Gasteiger partial charge on any atom is 0.308 e. The highest BCUT2D eigenvalue weighted by Crippen LogP contribution is 2.35. The summed E-state index contributed by atoms with van der Waals surface area (Å²) in [5, 5.41) is 2.72. The van der Waals surface area contributed by atoms with Crippen molar-refractivity contribution in [2.45, 2.75) is 52.1 Å². The lowest BCUT2D eigenvalue weighted by Gasteiger charge is -2.16. The molecule has 7 heteroatoms. The van der Waals surface area contributed by atoms with Gasteiger partial charge in [-0.25, -0.2) is 0 Å². The van der Waals surface area contributed by atoms with Gasteiger partial charge in [-0.3, -0.25) is 24.1 Å². The van der Waals surface area contributed by atoms with Gasteiger partial charge in [-0.05, 0) is 43.4 Å². The van der Waals surface area contributed by atoms with Crippen LogP contribution < -0.4 is 5.32 Å². The Morgan fingerprint density at radius 1 is 1.03 bits per heavy atom. The average Bonchev–Trinajstić information content (AvgIpc) is 2.97. The highest BCUT2D eigenvalue weighted by molar-refractivity contribution is 6.05. The monoisotopic (exact) mass is 412 g/mol. The average molecular weight is 412 g/mol. The van der Waals surface area contributed by atoms with Gasteiger partial charge in [-0.2, -0.15) is 0 Å². The van der Waals surface area contributed by atoms with Gasteiger partial charge in [0.2, 0.25) is 11.8 Å². The Balaban J connectivity index is 1.46. The van der Waals surface area contributed by atoms with Crippen molar-refractivity contribution in [1.82, 2.24) is 4.90 Å². The molecular formula is C23H28N2O5. The van der Waals surface area contributed by atoms with Gasteiger partial charge in [-0.15, -0.1) is 0 Å². The normalized spacial score (nSPS) is 21.5. The van der Waals surface area contributed by atoms with E-state index < -0.39 is 18.0 Å². The fraction of sp³-hybridized carbons (Fsp3) is 0.478. The van der Waals surface area contributed by atoms with Gasteiger partial charge in [0.25, 0.3) is 5.91 Å². The number of nitrogens with zero attached hydrogens (tertiary/aromatic N) is 1. The molecule has 1 N–H and O–H groups in total. The number of amides is 3. The summed E-state index contributed by atoms with van der Waals surface area (Å²) in [5.41, 5.74) is 1.78. The third kappa shape index (κ3) is 4.78. The molecule has 0 saturated carbocycles. The van der Waals surface area contributed by atoms with Crippen molar-refractivity contribution in [3.63, 3.8) is 0 Å². The predicted molar refractivity (Wildman–Crippen MR) is 111 cm³/mol. The van der Waals surface area contributed by atoms with Crippen molar-refractivity contribution in [3.8, 4) is 0 Å². The topological polar surface area (TPSA) is 92.8 Å². The van der Waals surface area contributed by atoms with Crippen LogP contribution in [0.4, 0.5) is 5.69 Å². The van der Waals surface area contributed by atoms with Crippen LogP contribution in [-0.2, 0) is 23.9 Å². The molecule has 1 fully saturated rings. The Labute approximate surface area is 176 Å². The van der Waals surface area contributed by atoms with Crippen molar-refractivity contribution in [2.24, 2.45) is 11.8 Å². The quantitative estimate of drug-likeness (QED) is 0.422. The molecule has 0 bridgehead atoms. The summed E-state index contributed by atoms with van der Waals surface area (Å²) < 4.78 is 5.18. The number of carbonyl (C=O) groups excluding carboxylic acids is 4. The molecule has 1 aliphatic carbocycles. The predicted octanol–water partition coefficient (Wildman–Crippen LogP) is 3.02. The Morgan fingerprint density at radius 2 is 1.60 bits per heavy atom. The largest absolute Gasteiger partial charge is 0.452 e. The number of hydrogen-bond acceptors (Lipinski definition) is 5. The second kappa shape index (κ2) is 9.24. The molecule has 2 aliphatic rings. The van der Waals surface area contributed by atoms with Crippen LogP contribution in [0.1, 0.15) is 51.5 Å². The maximum absolute atomic E-state index is 12.4. The number of carbonyl (C=O) groups is 4. The van der Waals surface area contributed by atoms with Gasteiger partial charge >= 0.3 is 5.97 Å². The molecule has 0 aromatic heterocycles. The lowest BCUT2D eigenvalue weighted by molar-refractivity contribution is -0.154. The van der Waals surface area contributed by atoms with Crippen LogP contribution in [-0.4, -0.2) is 41.2 Å². The molecule has 0 spiro atoms. The zero-order valence-corrected chi connectivity index (χ0v) is 17.6. The van der Waals surface area contributed by atoms with Crippen LogP contribution in [0.3, 0.4) is 0 Å². The number of fused-ring (bicyclic) bond motifs is 1. The van der Waals surface area contributed by atoms with Crippen LogP contribution in [0.25, 0.3) is 0 Å². The first kappa shape index (κ1) is 21.7. The minimum absolute atomic E-state index is 0.0193. The first-order chi connectivity index (χ1) is 14.3. The fourth-order valence-corrected chi connectivity index (χ4v) is 3.80. The van der Waals surface area contributed by atoms with Crippen LogP contribution in [0.2, 0.25) is 0 Å². The van der Waals surface area contributed by atoms with E-state index in [4.69, 9.17) is 4.74 Å². The Morgan fingerprint density at radius 3 is 2.13 bits per heavy atom. The number of allylic oxidation sites excluding steroid dienone is 2. The number of imide groups is 1. The van der Waals surface area contributed by atoms with Crippen LogP contribution >= 0.6 is 0 Å². The van der Waals surface area contributed by atoms with E-state index in [1.165, 1.54) is 6.92 Å². The third-order valence-electron chi connectivity index (χ3n) is 5.66. The molecule has 1 aromatic rings. The Kier molecular flexibility index (Phi) is 6.70. The van der Waals surface area contributed by atoms with E-state index in [1.807, 2.05) is 24.3 Å². The highest BCUT2D eigenvalue weighted by atomic mass is 16.5. The lowest BCUT2D eigenvalue weighted by atomic mass is 9.85. The van der Waals surface area contributed by atoms with Crippen LogP contribution in [0.15, 0.2) is 36.4 Å². The van der Waals surface area contributed by atoms with Gasteiger partial charge in [0.05, 0.1) is 18.3 Å². The van der Waals surface area contributed by atoms with Crippen LogP contribution in [0.5, 0.6) is 0 Å². The van der Waals surface area contributed by atoms with Gasteiger partial charge < -0.3 is 10.1 Å². The van der Waals surface area contributed by atoms with Crippen molar-refractivity contribution >= 4 is 29.4 Å². The molecule has 0 unspecified atom stereocenters. The summed E-state index contributed by atoms with van der Waals surface area (Å²) in [6.45, 7) is 5.64. The summed E-state index contributed by atoms with van der Waals surface area (Å²) in [4.78, 5) is 50.4. The van der Waals surface area contributed by atoms with E-state index in [0.717, 1.165) is 10.5 Å². The molecule has 1 heterocycles. The number of likely N-dealkylation sites (tertiary alicyclic amines) is 1. The van der Waals surface area contributed by atoms with E-state index in [2.05, 4.69) is 19.2 Å². The van der Waals surface area contributed by atoms with Crippen LogP contribution in [0, 0.1) is 11.8 Å². The number of rotatable bonds is 7. The van der Waals surface area contributed by atoms with Crippen molar-refractivity contribution in [3.05, 3.63) is 42.0 Å². The summed E-state index contributed by atoms with van der Waals surface area (Å²) in [6.07, 6.45) is 3.84. The summed E-state index contributed by atoms with van der Waals surface area (Å²) in [6, 6.07) is 7.49. The van der Waals surface area contributed by atoms with E-state index >= 15 is 0 Å². The molecule has 3 amide bonds. The van der Waals surface area contributed by atoms with Crippen molar-refractivity contribution in [1.29, 1.82) is 0 Å². The summed E-state index contributed by atoms with van der Waals surface area (Å²) >= 11 is 0. The molecule has 1 aromatic carbocycles. The van der Waals surface area contributed by atoms with E-state index in [-0.39, 0.29) is 36.6 Å². The number of benzene rings is 1. The zero-order chi connectivity index (χ0) is 21.8. The second-order valence-electron chi connectivity index (χ2n) is 8.13. The Bertz CT molecular complexity index is 833. The van der Waals surface area contributed by atoms with E-state index in [1.54, 1.807) is 12.1 Å². The molecule has 160 valence electrons. The molecule has 0 radical (unpaired) electrons. The van der Waals surface area contributed by atoms with Crippen molar-refractivity contribution in [2.75, 3.05) is 11.9 Å². The summed E-state index contributed by atoms with van der Waals surface area (Å²) in [5.74, 6) is -1.75. The first-order valence-corrected chi connectivity index (χ1v) is 10.4. The molecule has 1 saturated heterocycles. The molecule has 7 nitrogen and oxygen atoms in total. The molecule has 1 aliphatic heterocycles. The molecule has 3 atom stereocenters. The Hall–Kier alpha value is -2.96. The molecule has 30 heavy (non-hydrogen) atoms. The second-order valence-corrected chi connectivity index (χ2v) is 8.13. The van der Waals surface area contributed by atoms with Gasteiger partial charge in [0.1, 0.15) is 0 Å². The zero-order valence-electron chi connectivity index (χ0n) is 17.6. The maximum atomic E-state index is 12.4. The van der Waals surface area contributed by atoms with Gasteiger partial charge in [0.15, 0.2) is 6.10 Å². The lowest BCUT2D eigenvalue weighted by Crippen LogP contribution is -2.35. The van der Waals surface area contributed by atoms with Gasteiger partial charge in [0, 0.05) is 12.2 Å². The fourth-order valence-electron chi connectivity index (χ4n) is 3.80. The molecular weight excluding hydrogens is 384 g/mol. The minimum Gasteiger partial charge on any atom is -0.452 e. The third-order valence-corrected chi connectivity index (χ3v) is 5.66. The van der Waals surface area contributed by atoms with E-state index in [9.17, 15) is 19.2 Å². The number of hydrogen-bond donors (Lipinski definition) is 1. The van der Waals surface area contributed by atoms with Gasteiger partial charge in [-0.1, -0.05) is 38.1 Å². The SMILES string of the molecule is CC(C)c1ccc(NC(=O)[C@@H](C)OC(=O)CCN2C(=O)[C@H]3CC=CC[C@@H]3C2=O)cc1. The first-order valence-electron chi connectivity index (χ1n) is 10.4. The number of ether oxygens (including phenoxy) is 1. The number of nitrogens with one attached hydrogen (secondary N) is 1. The van der Waals surface area contributed by atoms with Crippen molar-refractivity contribution < 1.29 is 23.9 Å². The minimum atomic E-state index is -0.987.